The minimum Gasteiger partial charge on any atom is -0.330 e. The van der Waals surface area contributed by atoms with Crippen LogP contribution in [0.25, 0.3) is 0 Å². The number of sulfone groups is 1. The zero-order valence-electron chi connectivity index (χ0n) is 13.0. The highest BCUT2D eigenvalue weighted by molar-refractivity contribution is 7.91. The van der Waals surface area contributed by atoms with E-state index in [0.717, 1.165) is 12.7 Å². The third-order valence-electron chi connectivity index (χ3n) is 4.06. The van der Waals surface area contributed by atoms with Crippen molar-refractivity contribution in [3.05, 3.63) is 23.3 Å². The van der Waals surface area contributed by atoms with Crippen LogP contribution in [0.2, 0.25) is 0 Å². The largest absolute Gasteiger partial charge is 0.330 e. The van der Waals surface area contributed by atoms with Crippen molar-refractivity contribution in [3.63, 3.8) is 0 Å². The monoisotopic (exact) mass is 346 g/mol. The van der Waals surface area contributed by atoms with Crippen LogP contribution in [0.1, 0.15) is 17.5 Å². The fraction of sp³-hybridized carbons (Fsp3) is 0.571. The van der Waals surface area contributed by atoms with E-state index in [9.17, 15) is 16.8 Å². The standard InChI is InChI=1S/C14H22N2O4S2/c1-10-6-13(21(3,17)18)11(2)14(7-10)22(19,20)16-5-4-12(8-15)9-16/h6-7,12H,4-5,8-9,15H2,1-3H3. The molecule has 0 aromatic heterocycles. The predicted octanol–water partition coefficient (Wildman–Crippen LogP) is 0.676. The van der Waals surface area contributed by atoms with E-state index in [-0.39, 0.29) is 21.3 Å². The Morgan fingerprint density at radius 3 is 2.27 bits per heavy atom. The first-order valence-electron chi connectivity index (χ1n) is 7.09. The predicted molar refractivity (Wildman–Crippen MR) is 84.9 cm³/mol. The molecule has 1 heterocycles. The van der Waals surface area contributed by atoms with Crippen LogP contribution in [0.5, 0.6) is 0 Å². The lowest BCUT2D eigenvalue weighted by Crippen LogP contribution is -2.30. The molecule has 2 N–H and O–H groups in total. The van der Waals surface area contributed by atoms with Gasteiger partial charge in [-0.3, -0.25) is 0 Å². The SMILES string of the molecule is Cc1cc(S(C)(=O)=O)c(C)c(S(=O)(=O)N2CCC(CN)C2)c1. The lowest BCUT2D eigenvalue weighted by atomic mass is 10.1. The molecule has 1 atom stereocenters. The van der Waals surface area contributed by atoms with Crippen LogP contribution in [0.3, 0.4) is 0 Å². The van der Waals surface area contributed by atoms with Gasteiger partial charge in [-0.15, -0.1) is 0 Å². The van der Waals surface area contributed by atoms with E-state index < -0.39 is 19.9 Å². The van der Waals surface area contributed by atoms with Crippen molar-refractivity contribution in [2.45, 2.75) is 30.1 Å². The average molecular weight is 346 g/mol. The molecule has 8 heteroatoms. The number of aryl methyl sites for hydroxylation is 1. The van der Waals surface area contributed by atoms with Gasteiger partial charge in [0, 0.05) is 19.3 Å². The van der Waals surface area contributed by atoms with E-state index in [1.165, 1.54) is 16.4 Å². The van der Waals surface area contributed by atoms with Crippen molar-refractivity contribution < 1.29 is 16.8 Å². The van der Waals surface area contributed by atoms with E-state index in [4.69, 9.17) is 5.73 Å². The summed E-state index contributed by atoms with van der Waals surface area (Å²) in [5, 5.41) is 0. The van der Waals surface area contributed by atoms with Crippen LogP contribution >= 0.6 is 0 Å². The summed E-state index contributed by atoms with van der Waals surface area (Å²) in [5.74, 6) is 0.161. The Kier molecular flexibility index (Phi) is 4.68. The molecule has 6 nitrogen and oxygen atoms in total. The van der Waals surface area contributed by atoms with E-state index in [1.54, 1.807) is 13.8 Å². The molecule has 0 amide bonds. The summed E-state index contributed by atoms with van der Waals surface area (Å²) in [6.45, 7) is 4.50. The minimum atomic E-state index is -3.70. The molecule has 1 fully saturated rings. The second kappa shape index (κ2) is 5.92. The number of nitrogens with zero attached hydrogens (tertiary/aromatic N) is 1. The van der Waals surface area contributed by atoms with Crippen molar-refractivity contribution in [1.29, 1.82) is 0 Å². The zero-order chi connectivity index (χ0) is 16.7. The molecule has 1 aliphatic heterocycles. The van der Waals surface area contributed by atoms with E-state index in [0.29, 0.717) is 25.2 Å². The fourth-order valence-corrected chi connectivity index (χ4v) is 5.79. The Labute approximate surface area is 132 Å². The highest BCUT2D eigenvalue weighted by Crippen LogP contribution is 2.30. The third-order valence-corrected chi connectivity index (χ3v) is 7.27. The first kappa shape index (κ1) is 17.4. The van der Waals surface area contributed by atoms with Crippen molar-refractivity contribution >= 4 is 19.9 Å². The summed E-state index contributed by atoms with van der Waals surface area (Å²) in [6, 6.07) is 3.05. The lowest BCUT2D eigenvalue weighted by molar-refractivity contribution is 0.458. The summed E-state index contributed by atoms with van der Waals surface area (Å²) < 4.78 is 50.8. The summed E-state index contributed by atoms with van der Waals surface area (Å²) in [6.07, 6.45) is 1.82. The van der Waals surface area contributed by atoms with Crippen molar-refractivity contribution in [2.75, 3.05) is 25.9 Å². The topological polar surface area (TPSA) is 97.5 Å². The average Bonchev–Trinajstić information content (AvgIpc) is 2.89. The molecule has 0 spiro atoms. The molecule has 124 valence electrons. The van der Waals surface area contributed by atoms with Crippen LogP contribution in [-0.2, 0) is 19.9 Å². The molecular formula is C14H22N2O4S2. The minimum absolute atomic E-state index is 0.0700. The maximum absolute atomic E-state index is 12.8. The molecule has 0 radical (unpaired) electrons. The van der Waals surface area contributed by atoms with Gasteiger partial charge in [0.15, 0.2) is 9.84 Å². The Balaban J connectivity index is 2.55. The smallest absolute Gasteiger partial charge is 0.243 e. The molecule has 1 aromatic carbocycles. The first-order chi connectivity index (χ1) is 10.1. The van der Waals surface area contributed by atoms with Gasteiger partial charge in [0.1, 0.15) is 0 Å². The van der Waals surface area contributed by atoms with Crippen LogP contribution in [0.4, 0.5) is 0 Å². The quantitative estimate of drug-likeness (QED) is 0.864. The fourth-order valence-electron chi connectivity index (χ4n) is 2.79. The van der Waals surface area contributed by atoms with Gasteiger partial charge < -0.3 is 5.73 Å². The van der Waals surface area contributed by atoms with Gasteiger partial charge in [0.2, 0.25) is 10.0 Å². The highest BCUT2D eigenvalue weighted by Gasteiger charge is 2.34. The Morgan fingerprint density at radius 2 is 1.77 bits per heavy atom. The number of rotatable bonds is 4. The molecule has 1 saturated heterocycles. The van der Waals surface area contributed by atoms with Crippen LogP contribution < -0.4 is 5.73 Å². The highest BCUT2D eigenvalue weighted by atomic mass is 32.2. The Bertz CT molecular complexity index is 785. The van der Waals surface area contributed by atoms with Crippen LogP contribution in [0, 0.1) is 19.8 Å². The number of benzene rings is 1. The number of hydrogen-bond donors (Lipinski definition) is 1. The van der Waals surface area contributed by atoms with Gasteiger partial charge in [0.05, 0.1) is 9.79 Å². The Morgan fingerprint density at radius 1 is 1.18 bits per heavy atom. The number of hydrogen-bond acceptors (Lipinski definition) is 5. The third kappa shape index (κ3) is 3.19. The summed E-state index contributed by atoms with van der Waals surface area (Å²) in [4.78, 5) is 0.145. The van der Waals surface area contributed by atoms with E-state index in [1.807, 2.05) is 0 Å². The van der Waals surface area contributed by atoms with Crippen LogP contribution in [-0.4, -0.2) is 47.0 Å². The molecule has 2 rings (SSSR count). The molecule has 0 bridgehead atoms. The van der Waals surface area contributed by atoms with Gasteiger partial charge in [-0.1, -0.05) is 0 Å². The van der Waals surface area contributed by atoms with Crippen molar-refractivity contribution in [1.82, 2.24) is 4.31 Å². The van der Waals surface area contributed by atoms with Gasteiger partial charge in [-0.25, -0.2) is 16.8 Å². The first-order valence-corrected chi connectivity index (χ1v) is 10.4. The van der Waals surface area contributed by atoms with Gasteiger partial charge in [0.25, 0.3) is 0 Å². The van der Waals surface area contributed by atoms with Crippen molar-refractivity contribution in [2.24, 2.45) is 11.7 Å². The second-order valence-corrected chi connectivity index (χ2v) is 9.80. The molecule has 0 aliphatic carbocycles. The Hall–Kier alpha value is -0.960. The maximum Gasteiger partial charge on any atom is 0.243 e. The molecular weight excluding hydrogens is 324 g/mol. The van der Waals surface area contributed by atoms with Gasteiger partial charge >= 0.3 is 0 Å². The number of nitrogens with two attached hydrogens (primary N) is 1. The molecule has 0 saturated carbocycles. The summed E-state index contributed by atoms with van der Waals surface area (Å²) >= 11 is 0. The normalized spacial score (nSPS) is 20.5. The van der Waals surface area contributed by atoms with Gasteiger partial charge in [-0.2, -0.15) is 4.31 Å². The number of sulfonamides is 1. The lowest BCUT2D eigenvalue weighted by Gasteiger charge is -2.19. The summed E-state index contributed by atoms with van der Waals surface area (Å²) in [7, 11) is -7.19. The molecule has 1 unspecified atom stereocenters. The van der Waals surface area contributed by atoms with E-state index >= 15 is 0 Å². The van der Waals surface area contributed by atoms with E-state index in [2.05, 4.69) is 0 Å². The molecule has 1 aromatic rings. The maximum atomic E-state index is 12.8. The summed E-state index contributed by atoms with van der Waals surface area (Å²) in [5.41, 5.74) is 6.50. The zero-order valence-corrected chi connectivity index (χ0v) is 14.7. The van der Waals surface area contributed by atoms with Gasteiger partial charge in [-0.05, 0) is 56.0 Å². The van der Waals surface area contributed by atoms with Crippen LogP contribution in [0.15, 0.2) is 21.9 Å². The van der Waals surface area contributed by atoms with Crippen molar-refractivity contribution in [3.8, 4) is 0 Å². The molecule has 1 aliphatic rings. The second-order valence-electron chi connectivity index (χ2n) is 5.91. The molecule has 22 heavy (non-hydrogen) atoms.